The van der Waals surface area contributed by atoms with Gasteiger partial charge in [0.1, 0.15) is 19.6 Å². The SMILES string of the molecule is Br.O=C1CC(=O)N2C(c3ccc4c(c3)OCCO4)=CSC2=N1. The van der Waals surface area contributed by atoms with Crippen molar-refractivity contribution in [3.05, 3.63) is 29.2 Å². The minimum absolute atomic E-state index is 0. The fourth-order valence-electron chi connectivity index (χ4n) is 2.39. The molecular formula is C14H11BrN2O4S. The summed E-state index contributed by atoms with van der Waals surface area (Å²) in [5.74, 6) is 0.715. The minimum atomic E-state index is -0.393. The molecule has 6 nitrogen and oxygen atoms in total. The Bertz CT molecular complexity index is 732. The van der Waals surface area contributed by atoms with Gasteiger partial charge in [-0.2, -0.15) is 4.99 Å². The zero-order chi connectivity index (χ0) is 14.4. The third-order valence-corrected chi connectivity index (χ3v) is 4.14. The monoisotopic (exact) mass is 382 g/mol. The molecule has 0 aromatic heterocycles. The summed E-state index contributed by atoms with van der Waals surface area (Å²) in [4.78, 5) is 28.8. The number of hydrogen-bond acceptors (Lipinski definition) is 5. The van der Waals surface area contributed by atoms with Crippen LogP contribution < -0.4 is 9.47 Å². The number of halogens is 1. The summed E-state index contributed by atoms with van der Waals surface area (Å²) in [5, 5.41) is 2.24. The van der Waals surface area contributed by atoms with Crippen LogP contribution in [0.15, 0.2) is 28.6 Å². The lowest BCUT2D eigenvalue weighted by Crippen LogP contribution is -2.36. The Morgan fingerprint density at radius 3 is 2.73 bits per heavy atom. The summed E-state index contributed by atoms with van der Waals surface area (Å²) in [6.45, 7) is 1.04. The first-order valence-corrected chi connectivity index (χ1v) is 7.32. The Kier molecular flexibility index (Phi) is 3.96. The summed E-state index contributed by atoms with van der Waals surface area (Å²) in [7, 11) is 0. The second-order valence-electron chi connectivity index (χ2n) is 4.67. The topological polar surface area (TPSA) is 68.2 Å². The van der Waals surface area contributed by atoms with E-state index in [-0.39, 0.29) is 29.3 Å². The normalized spacial score (nSPS) is 19.2. The highest BCUT2D eigenvalue weighted by Crippen LogP contribution is 2.39. The first kappa shape index (κ1) is 15.1. The molecule has 3 aliphatic heterocycles. The third kappa shape index (κ3) is 2.42. The molecule has 8 heteroatoms. The molecule has 0 unspecified atom stereocenters. The summed E-state index contributed by atoms with van der Waals surface area (Å²) in [6, 6.07) is 5.53. The van der Waals surface area contributed by atoms with Crippen LogP contribution in [-0.2, 0) is 9.59 Å². The van der Waals surface area contributed by atoms with E-state index in [2.05, 4.69) is 4.99 Å². The number of aliphatic imine (C=N–C) groups is 1. The highest BCUT2D eigenvalue weighted by Gasteiger charge is 2.35. The molecule has 4 rings (SSSR count). The molecule has 0 fully saturated rings. The van der Waals surface area contributed by atoms with E-state index in [1.807, 2.05) is 23.6 Å². The molecule has 1 aromatic rings. The van der Waals surface area contributed by atoms with Gasteiger partial charge in [-0.3, -0.25) is 14.5 Å². The van der Waals surface area contributed by atoms with Crippen molar-refractivity contribution in [3.63, 3.8) is 0 Å². The number of hydrogen-bond donors (Lipinski definition) is 0. The molecule has 2 amide bonds. The molecule has 0 atom stereocenters. The van der Waals surface area contributed by atoms with Crippen LogP contribution in [0.3, 0.4) is 0 Å². The van der Waals surface area contributed by atoms with Gasteiger partial charge in [-0.1, -0.05) is 11.8 Å². The van der Waals surface area contributed by atoms with Gasteiger partial charge in [0.15, 0.2) is 16.7 Å². The van der Waals surface area contributed by atoms with E-state index in [1.165, 1.54) is 16.7 Å². The molecule has 3 heterocycles. The fraction of sp³-hybridized carbons (Fsp3) is 0.214. The number of fused-ring (bicyclic) bond motifs is 2. The van der Waals surface area contributed by atoms with Gasteiger partial charge in [0.25, 0.3) is 5.91 Å². The Morgan fingerprint density at radius 2 is 1.91 bits per heavy atom. The molecule has 0 N–H and O–H groups in total. The van der Waals surface area contributed by atoms with E-state index in [0.717, 1.165) is 5.56 Å². The van der Waals surface area contributed by atoms with E-state index in [1.54, 1.807) is 0 Å². The highest BCUT2D eigenvalue weighted by atomic mass is 79.9. The fourth-order valence-corrected chi connectivity index (χ4v) is 3.31. The standard InChI is InChI=1S/C14H10N2O4S.BrH/c17-12-6-13(18)16-9(7-21-14(16)15-12)8-1-2-10-11(5-8)20-4-3-19-10;/h1-2,5,7H,3-4,6H2;1H. The van der Waals surface area contributed by atoms with E-state index >= 15 is 0 Å². The number of benzene rings is 1. The van der Waals surface area contributed by atoms with Crippen molar-refractivity contribution < 1.29 is 19.1 Å². The van der Waals surface area contributed by atoms with Crippen molar-refractivity contribution in [2.75, 3.05) is 13.2 Å². The van der Waals surface area contributed by atoms with Crippen LogP contribution in [0.2, 0.25) is 0 Å². The quantitative estimate of drug-likeness (QED) is 0.696. The van der Waals surface area contributed by atoms with Crippen molar-refractivity contribution >= 4 is 51.4 Å². The average molecular weight is 383 g/mol. The second kappa shape index (κ2) is 5.77. The summed E-state index contributed by atoms with van der Waals surface area (Å²) in [5.41, 5.74) is 1.55. The molecular weight excluding hydrogens is 372 g/mol. The molecule has 0 spiro atoms. The highest BCUT2D eigenvalue weighted by molar-refractivity contribution is 8.93. The lowest BCUT2D eigenvalue weighted by Gasteiger charge is -2.24. The van der Waals surface area contributed by atoms with Crippen LogP contribution in [0, 0.1) is 0 Å². The molecule has 0 radical (unpaired) electrons. The van der Waals surface area contributed by atoms with Gasteiger partial charge in [-0.25, -0.2) is 0 Å². The second-order valence-corrected chi connectivity index (χ2v) is 5.51. The van der Waals surface area contributed by atoms with E-state index in [0.29, 0.717) is 35.6 Å². The molecule has 22 heavy (non-hydrogen) atoms. The third-order valence-electron chi connectivity index (χ3n) is 3.32. The average Bonchev–Trinajstić information content (AvgIpc) is 2.90. The van der Waals surface area contributed by atoms with Gasteiger partial charge in [0.05, 0.1) is 5.70 Å². The summed E-state index contributed by atoms with van der Waals surface area (Å²) < 4.78 is 11.0. The Hall–Kier alpha value is -1.80. The molecule has 1 aromatic carbocycles. The molecule has 0 saturated heterocycles. The number of rotatable bonds is 1. The van der Waals surface area contributed by atoms with Crippen LogP contribution in [0.1, 0.15) is 12.0 Å². The number of amidine groups is 1. The molecule has 114 valence electrons. The molecule has 0 bridgehead atoms. The van der Waals surface area contributed by atoms with Crippen molar-refractivity contribution in [1.29, 1.82) is 0 Å². The van der Waals surface area contributed by atoms with Gasteiger partial charge >= 0.3 is 0 Å². The van der Waals surface area contributed by atoms with Crippen molar-refractivity contribution in [1.82, 2.24) is 4.90 Å². The van der Waals surface area contributed by atoms with Crippen molar-refractivity contribution in [3.8, 4) is 11.5 Å². The smallest absolute Gasteiger partial charge is 0.257 e. The number of amides is 2. The predicted octanol–water partition coefficient (Wildman–Crippen LogP) is 2.20. The minimum Gasteiger partial charge on any atom is -0.486 e. The lowest BCUT2D eigenvalue weighted by molar-refractivity contribution is -0.131. The van der Waals surface area contributed by atoms with Gasteiger partial charge < -0.3 is 9.47 Å². The maximum Gasteiger partial charge on any atom is 0.257 e. The van der Waals surface area contributed by atoms with Crippen molar-refractivity contribution in [2.24, 2.45) is 4.99 Å². The Morgan fingerprint density at radius 1 is 1.14 bits per heavy atom. The van der Waals surface area contributed by atoms with Gasteiger partial charge in [0.2, 0.25) is 5.91 Å². The van der Waals surface area contributed by atoms with Crippen LogP contribution in [0.4, 0.5) is 0 Å². The van der Waals surface area contributed by atoms with E-state index < -0.39 is 5.91 Å². The Labute approximate surface area is 140 Å². The largest absolute Gasteiger partial charge is 0.486 e. The zero-order valence-electron chi connectivity index (χ0n) is 11.3. The Balaban J connectivity index is 0.00000144. The number of carbonyl (C=O) groups excluding carboxylic acids is 2. The number of carbonyl (C=O) groups is 2. The van der Waals surface area contributed by atoms with Gasteiger partial charge in [0, 0.05) is 11.0 Å². The van der Waals surface area contributed by atoms with Gasteiger partial charge in [-0.15, -0.1) is 17.0 Å². The van der Waals surface area contributed by atoms with Crippen LogP contribution in [0.5, 0.6) is 11.5 Å². The van der Waals surface area contributed by atoms with E-state index in [4.69, 9.17) is 9.47 Å². The first-order valence-electron chi connectivity index (χ1n) is 6.44. The van der Waals surface area contributed by atoms with E-state index in [9.17, 15) is 9.59 Å². The first-order chi connectivity index (χ1) is 10.2. The maximum atomic E-state index is 12.1. The summed E-state index contributed by atoms with van der Waals surface area (Å²) in [6.07, 6.45) is -0.189. The van der Waals surface area contributed by atoms with Crippen molar-refractivity contribution in [2.45, 2.75) is 6.42 Å². The number of nitrogens with zero attached hydrogens (tertiary/aromatic N) is 2. The molecule has 3 aliphatic rings. The number of thioether (sulfide) groups is 1. The van der Waals surface area contributed by atoms with Crippen LogP contribution >= 0.6 is 28.7 Å². The number of ether oxygens (including phenoxy) is 2. The molecule has 0 aliphatic carbocycles. The van der Waals surface area contributed by atoms with Gasteiger partial charge in [-0.05, 0) is 18.2 Å². The lowest BCUT2D eigenvalue weighted by atomic mass is 10.1. The maximum absolute atomic E-state index is 12.1. The summed E-state index contributed by atoms with van der Waals surface area (Å²) >= 11 is 1.27. The molecule has 0 saturated carbocycles. The predicted molar refractivity (Wildman–Crippen MR) is 87.2 cm³/mol. The van der Waals surface area contributed by atoms with Crippen LogP contribution in [-0.4, -0.2) is 35.1 Å². The van der Waals surface area contributed by atoms with Crippen LogP contribution in [0.25, 0.3) is 5.70 Å². The zero-order valence-corrected chi connectivity index (χ0v) is 13.8.